The molecule has 2 nitrogen and oxygen atoms in total. The van der Waals surface area contributed by atoms with Crippen molar-refractivity contribution in [2.75, 3.05) is 0 Å². The zero-order valence-corrected chi connectivity index (χ0v) is 6.90. The van der Waals surface area contributed by atoms with Gasteiger partial charge in [-0.2, -0.15) is 0 Å². The van der Waals surface area contributed by atoms with Crippen LogP contribution in [0.2, 0.25) is 0 Å². The first-order valence-electron chi connectivity index (χ1n) is 3.63. The van der Waals surface area contributed by atoms with E-state index < -0.39 is 0 Å². The molecule has 0 aliphatic carbocycles. The Kier molecular flexibility index (Phi) is 1.63. The summed E-state index contributed by atoms with van der Waals surface area (Å²) >= 11 is 0. The minimum absolute atomic E-state index is 0.148. The van der Waals surface area contributed by atoms with Gasteiger partial charge in [0.1, 0.15) is 0 Å². The molecule has 1 rings (SSSR count). The van der Waals surface area contributed by atoms with Gasteiger partial charge in [0.2, 0.25) is 0 Å². The van der Waals surface area contributed by atoms with Crippen LogP contribution in [-0.2, 0) is 4.74 Å². The second-order valence-electron chi connectivity index (χ2n) is 3.56. The van der Waals surface area contributed by atoms with Crippen LogP contribution in [0.4, 0.5) is 0 Å². The fraction of sp³-hybridized carbons (Fsp3) is 0.750. The fourth-order valence-electron chi connectivity index (χ4n) is 1.46. The molecular formula is C8H15NO. The third-order valence-electron chi connectivity index (χ3n) is 1.62. The maximum absolute atomic E-state index is 5.32. The van der Waals surface area contributed by atoms with Crippen molar-refractivity contribution in [2.24, 2.45) is 0 Å². The standard InChI is InChI=1S/C8H15NO/c1-6-5-8(3,4)9-7(2)10-6/h6,9H,2,5H2,1,3-4H3. The highest BCUT2D eigenvalue weighted by Crippen LogP contribution is 2.21. The van der Waals surface area contributed by atoms with Gasteiger partial charge in [0, 0.05) is 12.0 Å². The van der Waals surface area contributed by atoms with Gasteiger partial charge in [0.05, 0.1) is 6.10 Å². The summed E-state index contributed by atoms with van der Waals surface area (Å²) < 4.78 is 5.32. The average Bonchev–Trinajstić information content (AvgIpc) is 1.54. The molecule has 0 amide bonds. The Balaban J connectivity index is 2.59. The summed E-state index contributed by atoms with van der Waals surface area (Å²) in [5, 5.41) is 3.17. The van der Waals surface area contributed by atoms with Crippen LogP contribution in [0.25, 0.3) is 0 Å². The minimum atomic E-state index is 0.148. The van der Waals surface area contributed by atoms with Gasteiger partial charge >= 0.3 is 0 Å². The highest BCUT2D eigenvalue weighted by molar-refractivity contribution is 4.96. The molecule has 0 aromatic carbocycles. The van der Waals surface area contributed by atoms with E-state index >= 15 is 0 Å². The lowest BCUT2D eigenvalue weighted by Gasteiger charge is -2.37. The molecule has 1 aliphatic rings. The number of ether oxygens (including phenoxy) is 1. The Labute approximate surface area is 62.3 Å². The molecule has 0 spiro atoms. The van der Waals surface area contributed by atoms with Crippen molar-refractivity contribution in [3.8, 4) is 0 Å². The molecule has 10 heavy (non-hydrogen) atoms. The second kappa shape index (κ2) is 2.19. The van der Waals surface area contributed by atoms with Crippen LogP contribution in [0.1, 0.15) is 27.2 Å². The van der Waals surface area contributed by atoms with Crippen molar-refractivity contribution in [1.29, 1.82) is 0 Å². The SMILES string of the molecule is C=C1NC(C)(C)CC(C)O1. The van der Waals surface area contributed by atoms with E-state index in [1.807, 2.05) is 0 Å². The van der Waals surface area contributed by atoms with Gasteiger partial charge in [-0.25, -0.2) is 0 Å². The van der Waals surface area contributed by atoms with E-state index in [1.54, 1.807) is 0 Å². The summed E-state index contributed by atoms with van der Waals surface area (Å²) in [5.74, 6) is 0.698. The van der Waals surface area contributed by atoms with E-state index in [0.717, 1.165) is 6.42 Å². The minimum Gasteiger partial charge on any atom is -0.477 e. The van der Waals surface area contributed by atoms with Crippen LogP contribution in [0, 0.1) is 0 Å². The molecule has 1 aliphatic heterocycles. The Bertz CT molecular complexity index is 151. The number of hydrogen-bond donors (Lipinski definition) is 1. The molecule has 58 valence electrons. The molecule has 1 atom stereocenters. The average molecular weight is 141 g/mol. The molecule has 2 heteroatoms. The van der Waals surface area contributed by atoms with E-state index in [-0.39, 0.29) is 5.54 Å². The van der Waals surface area contributed by atoms with E-state index in [0.29, 0.717) is 12.0 Å². The van der Waals surface area contributed by atoms with E-state index in [9.17, 15) is 0 Å². The smallest absolute Gasteiger partial charge is 0.179 e. The lowest BCUT2D eigenvalue weighted by Crippen LogP contribution is -2.46. The molecular weight excluding hydrogens is 126 g/mol. The van der Waals surface area contributed by atoms with Crippen molar-refractivity contribution in [1.82, 2.24) is 5.32 Å². The van der Waals surface area contributed by atoms with Gasteiger partial charge in [-0.15, -0.1) is 0 Å². The predicted molar refractivity (Wildman–Crippen MR) is 41.5 cm³/mol. The van der Waals surface area contributed by atoms with Crippen molar-refractivity contribution >= 4 is 0 Å². The molecule has 1 saturated heterocycles. The number of rotatable bonds is 0. The van der Waals surface area contributed by atoms with Gasteiger partial charge in [-0.05, 0) is 27.4 Å². The van der Waals surface area contributed by atoms with Gasteiger partial charge in [0.25, 0.3) is 0 Å². The maximum Gasteiger partial charge on any atom is 0.179 e. The topological polar surface area (TPSA) is 21.3 Å². The first-order chi connectivity index (χ1) is 4.49. The van der Waals surface area contributed by atoms with Crippen LogP contribution >= 0.6 is 0 Å². The van der Waals surface area contributed by atoms with Crippen molar-refractivity contribution < 1.29 is 4.74 Å². The molecule has 1 heterocycles. The van der Waals surface area contributed by atoms with Crippen LogP contribution < -0.4 is 5.32 Å². The van der Waals surface area contributed by atoms with Crippen LogP contribution in [0.5, 0.6) is 0 Å². The zero-order valence-electron chi connectivity index (χ0n) is 6.90. The summed E-state index contributed by atoms with van der Waals surface area (Å²) in [5.41, 5.74) is 0.148. The third kappa shape index (κ3) is 1.66. The predicted octanol–water partition coefficient (Wildman–Crippen LogP) is 1.63. The van der Waals surface area contributed by atoms with E-state index in [2.05, 4.69) is 32.7 Å². The molecule has 0 radical (unpaired) electrons. The van der Waals surface area contributed by atoms with E-state index in [1.165, 1.54) is 0 Å². The lowest BCUT2D eigenvalue weighted by atomic mass is 9.96. The van der Waals surface area contributed by atoms with Gasteiger partial charge in [0.15, 0.2) is 5.88 Å². The normalized spacial score (nSPS) is 30.7. The van der Waals surface area contributed by atoms with Crippen LogP contribution in [0.3, 0.4) is 0 Å². The molecule has 1 fully saturated rings. The summed E-state index contributed by atoms with van der Waals surface area (Å²) in [6.07, 6.45) is 1.33. The molecule has 0 aromatic heterocycles. The van der Waals surface area contributed by atoms with Crippen molar-refractivity contribution in [3.05, 3.63) is 12.5 Å². The molecule has 0 aromatic rings. The highest BCUT2D eigenvalue weighted by Gasteiger charge is 2.27. The Morgan fingerprint density at radius 3 is 2.70 bits per heavy atom. The van der Waals surface area contributed by atoms with E-state index in [4.69, 9.17) is 4.74 Å². The van der Waals surface area contributed by atoms with Crippen molar-refractivity contribution in [3.63, 3.8) is 0 Å². The Morgan fingerprint density at radius 1 is 1.70 bits per heavy atom. The van der Waals surface area contributed by atoms with Gasteiger partial charge in [-0.1, -0.05) is 0 Å². The second-order valence-corrected chi connectivity index (χ2v) is 3.56. The summed E-state index contributed by atoms with van der Waals surface area (Å²) in [4.78, 5) is 0. The first-order valence-corrected chi connectivity index (χ1v) is 3.63. The monoisotopic (exact) mass is 141 g/mol. The van der Waals surface area contributed by atoms with Crippen molar-refractivity contribution in [2.45, 2.75) is 38.8 Å². The zero-order chi connectivity index (χ0) is 7.78. The highest BCUT2D eigenvalue weighted by atomic mass is 16.5. The van der Waals surface area contributed by atoms with Gasteiger partial charge < -0.3 is 10.1 Å². The lowest BCUT2D eigenvalue weighted by molar-refractivity contribution is 0.0376. The van der Waals surface area contributed by atoms with Crippen LogP contribution in [-0.4, -0.2) is 11.6 Å². The fourth-order valence-corrected chi connectivity index (χ4v) is 1.46. The summed E-state index contributed by atoms with van der Waals surface area (Å²) in [6, 6.07) is 0. The molecule has 0 bridgehead atoms. The number of hydrogen-bond acceptors (Lipinski definition) is 2. The third-order valence-corrected chi connectivity index (χ3v) is 1.62. The maximum atomic E-state index is 5.32. The van der Waals surface area contributed by atoms with Gasteiger partial charge in [-0.3, -0.25) is 0 Å². The summed E-state index contributed by atoms with van der Waals surface area (Å²) in [6.45, 7) is 10.1. The molecule has 0 saturated carbocycles. The molecule has 1 N–H and O–H groups in total. The molecule has 1 unspecified atom stereocenters. The summed E-state index contributed by atoms with van der Waals surface area (Å²) in [7, 11) is 0. The quantitative estimate of drug-likeness (QED) is 0.553. The van der Waals surface area contributed by atoms with Crippen LogP contribution in [0.15, 0.2) is 12.5 Å². The number of nitrogens with one attached hydrogen (secondary N) is 1. The Morgan fingerprint density at radius 2 is 2.30 bits per heavy atom. The largest absolute Gasteiger partial charge is 0.477 e. The Hall–Kier alpha value is -0.660. The first kappa shape index (κ1) is 7.45.